The fourth-order valence-corrected chi connectivity index (χ4v) is 1.65. The smallest absolute Gasteiger partial charge is 0.270 e. The number of anilines is 1. The van der Waals surface area contributed by atoms with Crippen molar-refractivity contribution in [3.8, 4) is 0 Å². The van der Waals surface area contributed by atoms with Gasteiger partial charge in [-0.1, -0.05) is 38.0 Å². The quantitative estimate of drug-likeness (QED) is 0.825. The van der Waals surface area contributed by atoms with Gasteiger partial charge in [-0.05, 0) is 24.5 Å². The fraction of sp³-hybridized carbons (Fsp3) is 0.500. The molecule has 0 aliphatic carbocycles. The van der Waals surface area contributed by atoms with E-state index < -0.39 is 0 Å². The van der Waals surface area contributed by atoms with Crippen molar-refractivity contribution in [2.75, 3.05) is 5.32 Å². The number of benzene rings is 1. The first kappa shape index (κ1) is 12.7. The van der Waals surface area contributed by atoms with Gasteiger partial charge in [0.2, 0.25) is 0 Å². The van der Waals surface area contributed by atoms with Gasteiger partial charge in [0.15, 0.2) is 0 Å². The predicted octanol–water partition coefficient (Wildman–Crippen LogP) is 2.30. The lowest BCUT2D eigenvalue weighted by atomic mass is 9.88. The maximum atomic E-state index is 4.26. The van der Waals surface area contributed by atoms with Crippen molar-refractivity contribution in [2.45, 2.75) is 33.7 Å². The van der Waals surface area contributed by atoms with E-state index in [4.69, 9.17) is 0 Å². The van der Waals surface area contributed by atoms with Gasteiger partial charge in [0, 0.05) is 5.10 Å². The average Bonchev–Trinajstić information content (AvgIpc) is 2.32. The molecule has 0 spiro atoms. The molecule has 1 heterocycles. The summed E-state index contributed by atoms with van der Waals surface area (Å²) in [7, 11) is 2.01. The second-order valence-corrected chi connectivity index (χ2v) is 5.80. The molecule has 0 radical (unpaired) electrons. The summed E-state index contributed by atoms with van der Waals surface area (Å²) in [4.78, 5) is 0. The summed E-state index contributed by atoms with van der Waals surface area (Å²) in [6.45, 7) is 8.79. The van der Waals surface area contributed by atoms with Crippen LogP contribution in [0.2, 0.25) is 0 Å². The molecule has 18 heavy (non-hydrogen) atoms. The molecule has 0 amide bonds. The predicted molar refractivity (Wildman–Crippen MR) is 73.3 cm³/mol. The van der Waals surface area contributed by atoms with Gasteiger partial charge in [0.05, 0.1) is 13.1 Å². The largest absolute Gasteiger partial charge is 0.415 e. The van der Waals surface area contributed by atoms with Gasteiger partial charge in [-0.15, -0.1) is 0 Å². The highest BCUT2D eigenvalue weighted by Gasteiger charge is 2.25. The van der Waals surface area contributed by atoms with E-state index in [-0.39, 0.29) is 5.41 Å². The van der Waals surface area contributed by atoms with Crippen molar-refractivity contribution in [3.63, 3.8) is 0 Å². The summed E-state index contributed by atoms with van der Waals surface area (Å²) in [5.74, 6) is 0.802. The van der Waals surface area contributed by atoms with E-state index >= 15 is 0 Å². The Morgan fingerprint density at radius 3 is 2.50 bits per heavy atom. The molecule has 1 unspecified atom stereocenters. The average molecular weight is 245 g/mol. The van der Waals surface area contributed by atoms with Gasteiger partial charge in [-0.2, -0.15) is 0 Å². The van der Waals surface area contributed by atoms with E-state index in [1.165, 1.54) is 0 Å². The van der Waals surface area contributed by atoms with Crippen molar-refractivity contribution in [1.29, 1.82) is 0 Å². The maximum absolute atomic E-state index is 4.26. The third-order valence-corrected chi connectivity index (χ3v) is 3.46. The lowest BCUT2D eigenvalue weighted by Gasteiger charge is -2.24. The molecular formula is C14H21N4+. The first-order valence-electron chi connectivity index (χ1n) is 6.27. The Bertz CT molecular complexity index is 557. The zero-order chi connectivity index (χ0) is 13.3. The Labute approximate surface area is 108 Å². The lowest BCUT2D eigenvalue weighted by Crippen LogP contribution is -2.41. The van der Waals surface area contributed by atoms with Crippen LogP contribution in [0.4, 0.5) is 5.95 Å². The zero-order valence-electron chi connectivity index (χ0n) is 11.7. The Kier molecular flexibility index (Phi) is 3.20. The minimum Gasteiger partial charge on any atom is -0.270 e. The van der Waals surface area contributed by atoms with Gasteiger partial charge in [-0.3, -0.25) is 5.32 Å². The Morgan fingerprint density at radius 2 is 1.83 bits per heavy atom. The minimum absolute atomic E-state index is 0.181. The van der Waals surface area contributed by atoms with E-state index in [2.05, 4.69) is 49.3 Å². The molecule has 4 heteroatoms. The van der Waals surface area contributed by atoms with E-state index in [0.29, 0.717) is 6.04 Å². The Hall–Kier alpha value is -1.71. The third kappa shape index (κ3) is 2.42. The lowest BCUT2D eigenvalue weighted by molar-refractivity contribution is -0.633. The van der Waals surface area contributed by atoms with E-state index in [9.17, 15) is 0 Å². The van der Waals surface area contributed by atoms with Crippen molar-refractivity contribution >= 4 is 17.0 Å². The van der Waals surface area contributed by atoms with Gasteiger partial charge in [0.1, 0.15) is 11.0 Å². The number of nitrogens with one attached hydrogen (secondary N) is 1. The van der Waals surface area contributed by atoms with Crippen LogP contribution in [0.5, 0.6) is 0 Å². The Morgan fingerprint density at radius 1 is 1.17 bits per heavy atom. The second-order valence-electron chi connectivity index (χ2n) is 5.80. The maximum Gasteiger partial charge on any atom is 0.415 e. The number of para-hydroxylation sites is 1. The number of hydrogen-bond donors (Lipinski definition) is 1. The molecule has 96 valence electrons. The Balaban J connectivity index is 2.38. The molecule has 1 aromatic heterocycles. The molecule has 1 N–H and O–H groups in total. The summed E-state index contributed by atoms with van der Waals surface area (Å²) in [5.41, 5.74) is 2.17. The first-order valence-corrected chi connectivity index (χ1v) is 6.27. The van der Waals surface area contributed by atoms with Gasteiger partial charge < -0.3 is 0 Å². The van der Waals surface area contributed by atoms with E-state index in [1.54, 1.807) is 0 Å². The monoisotopic (exact) mass is 245 g/mol. The number of nitrogens with zero attached hydrogens (tertiary/aromatic N) is 3. The van der Waals surface area contributed by atoms with Crippen LogP contribution >= 0.6 is 0 Å². The van der Waals surface area contributed by atoms with Crippen LogP contribution < -0.4 is 9.88 Å². The van der Waals surface area contributed by atoms with E-state index in [1.807, 2.05) is 29.8 Å². The summed E-state index contributed by atoms with van der Waals surface area (Å²) in [6.07, 6.45) is 0. The van der Waals surface area contributed by atoms with Gasteiger partial charge >= 0.3 is 5.95 Å². The van der Waals surface area contributed by atoms with Crippen LogP contribution in [-0.2, 0) is 7.05 Å². The van der Waals surface area contributed by atoms with Crippen molar-refractivity contribution in [2.24, 2.45) is 12.5 Å². The standard InChI is InChI=1S/C14H20N4/c1-10(14(2,3)4)15-13-17-16-11-8-6-7-9-12(11)18(13)5/h6-10H,1-5H3/p+1. The van der Waals surface area contributed by atoms with Crippen LogP contribution in [-0.4, -0.2) is 16.2 Å². The molecule has 0 saturated heterocycles. The van der Waals surface area contributed by atoms with Crippen molar-refractivity contribution < 1.29 is 4.57 Å². The molecule has 2 aromatic rings. The number of hydrogen-bond acceptors (Lipinski definition) is 3. The summed E-state index contributed by atoms with van der Waals surface area (Å²) in [5, 5.41) is 11.9. The highest BCUT2D eigenvalue weighted by atomic mass is 15.3. The number of aromatic nitrogens is 3. The van der Waals surface area contributed by atoms with Gasteiger partial charge in [0.25, 0.3) is 0 Å². The molecule has 1 atom stereocenters. The van der Waals surface area contributed by atoms with Crippen LogP contribution in [0.1, 0.15) is 27.7 Å². The highest BCUT2D eigenvalue weighted by Crippen LogP contribution is 2.21. The molecule has 2 rings (SSSR count). The molecule has 0 fully saturated rings. The first-order chi connectivity index (χ1) is 8.39. The van der Waals surface area contributed by atoms with Crippen molar-refractivity contribution in [3.05, 3.63) is 24.3 Å². The molecule has 0 saturated carbocycles. The van der Waals surface area contributed by atoms with Crippen LogP contribution in [0, 0.1) is 5.41 Å². The normalized spacial score (nSPS) is 13.6. The van der Waals surface area contributed by atoms with Crippen LogP contribution in [0.25, 0.3) is 11.0 Å². The number of fused-ring (bicyclic) bond motifs is 1. The third-order valence-electron chi connectivity index (χ3n) is 3.46. The molecule has 4 nitrogen and oxygen atoms in total. The summed E-state index contributed by atoms with van der Waals surface area (Å²) < 4.78 is 2.05. The summed E-state index contributed by atoms with van der Waals surface area (Å²) >= 11 is 0. The topological polar surface area (TPSA) is 41.7 Å². The molecule has 1 aromatic carbocycles. The van der Waals surface area contributed by atoms with Gasteiger partial charge in [-0.25, -0.2) is 4.57 Å². The van der Waals surface area contributed by atoms with Crippen molar-refractivity contribution in [1.82, 2.24) is 10.2 Å². The second kappa shape index (κ2) is 4.52. The molecule has 0 aliphatic heterocycles. The van der Waals surface area contributed by atoms with Crippen LogP contribution in [0.3, 0.4) is 0 Å². The number of rotatable bonds is 2. The zero-order valence-corrected chi connectivity index (χ0v) is 11.7. The minimum atomic E-state index is 0.181. The highest BCUT2D eigenvalue weighted by molar-refractivity contribution is 5.70. The molecule has 0 aliphatic rings. The molecule has 0 bridgehead atoms. The fourth-order valence-electron chi connectivity index (χ4n) is 1.65. The van der Waals surface area contributed by atoms with E-state index in [0.717, 1.165) is 17.0 Å². The van der Waals surface area contributed by atoms with Crippen LogP contribution in [0.15, 0.2) is 24.3 Å². The summed E-state index contributed by atoms with van der Waals surface area (Å²) in [6, 6.07) is 8.33. The molecular weight excluding hydrogens is 224 g/mol. The SMILES string of the molecule is CC(Nc1nnc2ccccc2[n+]1C)C(C)(C)C. The number of aryl methyl sites for hydroxylation is 1.